The maximum Gasteiger partial charge on any atom is 0.352 e. The largest absolute Gasteiger partial charge is 0.477 e. The van der Waals surface area contributed by atoms with E-state index in [4.69, 9.17) is 15.2 Å². The molecule has 0 atom stereocenters. The van der Waals surface area contributed by atoms with E-state index in [0.29, 0.717) is 11.3 Å². The first-order chi connectivity index (χ1) is 11.5. The number of hydrogen-bond acceptors (Lipinski definition) is 7. The second kappa shape index (κ2) is 7.78. The topological polar surface area (TPSA) is 87.8 Å². The number of nitrogens with two attached hydrogens (primary N) is 1. The Morgan fingerprint density at radius 1 is 1.33 bits per heavy atom. The number of esters is 2. The lowest BCUT2D eigenvalue weighted by Crippen LogP contribution is -2.16. The van der Waals surface area contributed by atoms with Crippen LogP contribution in [0.25, 0.3) is 10.4 Å². The molecule has 1 aromatic heterocycles. The Balaban J connectivity index is 2.41. The van der Waals surface area contributed by atoms with Crippen molar-refractivity contribution in [3.63, 3.8) is 0 Å². The molecule has 0 fully saturated rings. The van der Waals surface area contributed by atoms with E-state index in [1.54, 1.807) is 31.2 Å². The molecule has 0 unspecified atom stereocenters. The third-order valence-electron chi connectivity index (χ3n) is 2.97. The molecule has 2 rings (SSSR count). The van der Waals surface area contributed by atoms with Gasteiger partial charge >= 0.3 is 11.9 Å². The summed E-state index contributed by atoms with van der Waals surface area (Å²) < 4.78 is 29.3. The Morgan fingerprint density at radius 2 is 2.08 bits per heavy atom. The van der Waals surface area contributed by atoms with Crippen molar-refractivity contribution in [3.05, 3.63) is 35.0 Å². The van der Waals surface area contributed by atoms with Crippen molar-refractivity contribution in [1.82, 2.24) is 0 Å². The summed E-state index contributed by atoms with van der Waals surface area (Å²) in [6.07, 6.45) is 0. The van der Waals surface area contributed by atoms with Crippen molar-refractivity contribution in [2.75, 3.05) is 26.1 Å². The molecule has 1 heterocycles. The number of carbonyl (C=O) groups is 2. The van der Waals surface area contributed by atoms with Gasteiger partial charge < -0.3 is 19.9 Å². The molecular formula is C16H16FNO5S. The van der Waals surface area contributed by atoms with Crippen LogP contribution >= 0.6 is 11.3 Å². The second-order valence-corrected chi connectivity index (χ2v) is 5.63. The van der Waals surface area contributed by atoms with Crippen LogP contribution < -0.4 is 10.5 Å². The van der Waals surface area contributed by atoms with Crippen LogP contribution in [-0.2, 0) is 14.3 Å². The van der Waals surface area contributed by atoms with Gasteiger partial charge in [-0.3, -0.25) is 0 Å². The smallest absolute Gasteiger partial charge is 0.352 e. The summed E-state index contributed by atoms with van der Waals surface area (Å²) in [7, 11) is 1.18. The zero-order valence-electron chi connectivity index (χ0n) is 13.1. The highest BCUT2D eigenvalue weighted by Gasteiger charge is 2.27. The first-order valence-electron chi connectivity index (χ1n) is 7.02. The normalized spacial score (nSPS) is 10.3. The van der Waals surface area contributed by atoms with Gasteiger partial charge in [0.1, 0.15) is 0 Å². The number of hydrogen-bond donors (Lipinski definition) is 1. The molecule has 0 radical (unpaired) electrons. The summed E-state index contributed by atoms with van der Waals surface area (Å²) in [5.74, 6) is -2.51. The average molecular weight is 353 g/mol. The van der Waals surface area contributed by atoms with Gasteiger partial charge in [-0.05, 0) is 24.6 Å². The number of anilines is 1. The fourth-order valence-electron chi connectivity index (χ4n) is 1.95. The van der Waals surface area contributed by atoms with Crippen LogP contribution in [0.2, 0.25) is 0 Å². The van der Waals surface area contributed by atoms with Gasteiger partial charge in [0, 0.05) is 5.69 Å². The monoisotopic (exact) mass is 353 g/mol. The quantitative estimate of drug-likeness (QED) is 0.635. The summed E-state index contributed by atoms with van der Waals surface area (Å²) in [6, 6.07) is 6.56. The molecule has 0 aliphatic heterocycles. The zero-order valence-corrected chi connectivity index (χ0v) is 13.9. The van der Waals surface area contributed by atoms with Gasteiger partial charge in [0.2, 0.25) is 0 Å². The number of nitrogen functional groups attached to an aromatic ring is 1. The van der Waals surface area contributed by atoms with Crippen molar-refractivity contribution in [1.29, 1.82) is 0 Å². The van der Waals surface area contributed by atoms with Crippen molar-refractivity contribution < 1.29 is 28.2 Å². The van der Waals surface area contributed by atoms with Crippen molar-refractivity contribution in [2.45, 2.75) is 6.92 Å². The molecule has 128 valence electrons. The predicted molar refractivity (Wildman–Crippen MR) is 87.6 cm³/mol. The Morgan fingerprint density at radius 3 is 2.71 bits per heavy atom. The number of methoxy groups -OCH3 is 1. The Kier molecular flexibility index (Phi) is 5.75. The molecule has 0 saturated carbocycles. The summed E-state index contributed by atoms with van der Waals surface area (Å²) in [5, 5.41) is 0. The highest BCUT2D eigenvalue weighted by Crippen LogP contribution is 2.41. The van der Waals surface area contributed by atoms with E-state index in [2.05, 4.69) is 4.74 Å². The Labute approximate surface area is 141 Å². The molecule has 0 spiro atoms. The van der Waals surface area contributed by atoms with Crippen LogP contribution in [0.15, 0.2) is 24.3 Å². The zero-order chi connectivity index (χ0) is 17.7. The molecule has 0 aliphatic carbocycles. The number of rotatable bonds is 6. The van der Waals surface area contributed by atoms with Crippen molar-refractivity contribution in [2.24, 2.45) is 0 Å². The van der Waals surface area contributed by atoms with Gasteiger partial charge in [-0.1, -0.05) is 12.1 Å². The fourth-order valence-corrected chi connectivity index (χ4v) is 2.99. The lowest BCUT2D eigenvalue weighted by Gasteiger charge is -2.06. The van der Waals surface area contributed by atoms with Crippen molar-refractivity contribution in [3.8, 4) is 16.2 Å². The average Bonchev–Trinajstić information content (AvgIpc) is 2.89. The van der Waals surface area contributed by atoms with Crippen LogP contribution in [0.1, 0.15) is 16.6 Å². The molecule has 2 aromatic rings. The molecule has 1 aromatic carbocycles. The Bertz CT molecular complexity index is 759. The fraction of sp³-hybridized carbons (Fsp3) is 0.250. The first kappa shape index (κ1) is 17.7. The van der Waals surface area contributed by atoms with E-state index in [1.807, 2.05) is 0 Å². The van der Waals surface area contributed by atoms with Crippen LogP contribution in [0.4, 0.5) is 10.1 Å². The highest BCUT2D eigenvalue weighted by molar-refractivity contribution is 7.17. The van der Waals surface area contributed by atoms with E-state index in [9.17, 15) is 14.0 Å². The summed E-state index contributed by atoms with van der Waals surface area (Å²) in [4.78, 5) is 23.4. The summed E-state index contributed by atoms with van der Waals surface area (Å²) >= 11 is 0.863. The van der Waals surface area contributed by atoms with Gasteiger partial charge in [0.05, 0.1) is 18.6 Å². The van der Waals surface area contributed by atoms with Gasteiger partial charge in [-0.15, -0.1) is 11.3 Å². The van der Waals surface area contributed by atoms with E-state index >= 15 is 0 Å². The van der Waals surface area contributed by atoms with Crippen molar-refractivity contribution >= 4 is 29.0 Å². The third-order valence-corrected chi connectivity index (χ3v) is 4.14. The summed E-state index contributed by atoms with van der Waals surface area (Å²) in [5.41, 5.74) is 6.65. The SMILES string of the molecule is CCOC(=O)COc1c(C(=O)OC)sc(-c2cccc(N)c2)c1F. The van der Waals surface area contributed by atoms with E-state index in [0.717, 1.165) is 11.3 Å². The van der Waals surface area contributed by atoms with Gasteiger partial charge in [0.25, 0.3) is 0 Å². The van der Waals surface area contributed by atoms with Crippen LogP contribution in [0.3, 0.4) is 0 Å². The summed E-state index contributed by atoms with van der Waals surface area (Å²) in [6.45, 7) is 1.30. The van der Waals surface area contributed by atoms with Gasteiger partial charge in [-0.25, -0.2) is 14.0 Å². The maximum absolute atomic E-state index is 14.7. The van der Waals surface area contributed by atoms with Crippen LogP contribution in [-0.4, -0.2) is 32.3 Å². The minimum absolute atomic E-state index is 0.0725. The van der Waals surface area contributed by atoms with Crippen LogP contribution in [0.5, 0.6) is 5.75 Å². The van der Waals surface area contributed by atoms with E-state index < -0.39 is 24.4 Å². The van der Waals surface area contributed by atoms with E-state index in [1.165, 1.54) is 7.11 Å². The standard InChI is InChI=1S/C16H16FNO5S/c1-3-22-11(19)8-23-13-12(17)14(24-15(13)16(20)21-2)9-5-4-6-10(18)7-9/h4-7H,3,8,18H2,1-2H3. The number of ether oxygens (including phenoxy) is 3. The lowest BCUT2D eigenvalue weighted by atomic mass is 10.1. The molecule has 0 amide bonds. The predicted octanol–water partition coefficient (Wildman–Crippen LogP) is 2.86. The first-order valence-corrected chi connectivity index (χ1v) is 7.84. The minimum Gasteiger partial charge on any atom is -0.477 e. The lowest BCUT2D eigenvalue weighted by molar-refractivity contribution is -0.145. The molecule has 8 heteroatoms. The number of carbonyl (C=O) groups excluding carboxylic acids is 2. The Hall–Kier alpha value is -2.61. The molecule has 0 bridgehead atoms. The van der Waals surface area contributed by atoms with Gasteiger partial charge in [-0.2, -0.15) is 0 Å². The van der Waals surface area contributed by atoms with Crippen LogP contribution in [0, 0.1) is 5.82 Å². The second-order valence-electron chi connectivity index (χ2n) is 4.61. The molecule has 6 nitrogen and oxygen atoms in total. The molecular weight excluding hydrogens is 337 g/mol. The molecule has 0 saturated heterocycles. The van der Waals surface area contributed by atoms with E-state index in [-0.39, 0.29) is 22.1 Å². The maximum atomic E-state index is 14.7. The third kappa shape index (κ3) is 3.83. The van der Waals surface area contributed by atoms with Gasteiger partial charge in [0.15, 0.2) is 23.1 Å². The molecule has 24 heavy (non-hydrogen) atoms. The minimum atomic E-state index is -0.757. The highest BCUT2D eigenvalue weighted by atomic mass is 32.1. The number of thiophene rings is 1. The molecule has 2 N–H and O–H groups in total. The molecule has 0 aliphatic rings. The number of halogens is 1. The number of benzene rings is 1.